The molecule has 0 radical (unpaired) electrons. The van der Waals surface area contributed by atoms with Crippen molar-refractivity contribution < 1.29 is 0 Å². The first-order valence-corrected chi connectivity index (χ1v) is 9.21. The summed E-state index contributed by atoms with van der Waals surface area (Å²) in [4.78, 5) is 20.8. The fourth-order valence-electron chi connectivity index (χ4n) is 3.39. The molecular formula is C18H21N5S. The molecule has 1 fully saturated rings. The number of nitrogens with one attached hydrogen (secondary N) is 1. The van der Waals surface area contributed by atoms with Crippen LogP contribution in [0, 0.1) is 13.8 Å². The Kier molecular flexibility index (Phi) is 4.16. The van der Waals surface area contributed by atoms with Crippen molar-refractivity contribution in [2.75, 3.05) is 6.54 Å². The Bertz CT molecular complexity index is 824. The molecule has 1 N–H and O–H groups in total. The number of rotatable bonds is 4. The summed E-state index contributed by atoms with van der Waals surface area (Å²) in [6, 6.07) is 4.66. The van der Waals surface area contributed by atoms with E-state index in [9.17, 15) is 0 Å². The van der Waals surface area contributed by atoms with Crippen LogP contribution in [0.2, 0.25) is 0 Å². The molecule has 0 saturated carbocycles. The molecule has 4 rings (SSSR count). The van der Waals surface area contributed by atoms with Crippen LogP contribution < -0.4 is 0 Å². The lowest BCUT2D eigenvalue weighted by atomic mass is 10.1. The zero-order valence-electron chi connectivity index (χ0n) is 14.0. The van der Waals surface area contributed by atoms with Crippen molar-refractivity contribution in [2.45, 2.75) is 39.3 Å². The van der Waals surface area contributed by atoms with Crippen molar-refractivity contribution in [1.29, 1.82) is 0 Å². The molecule has 0 aromatic carbocycles. The number of hydrogen-bond donors (Lipinski definition) is 1. The van der Waals surface area contributed by atoms with Gasteiger partial charge in [-0.3, -0.25) is 4.90 Å². The molecule has 24 heavy (non-hydrogen) atoms. The highest BCUT2D eigenvalue weighted by Crippen LogP contribution is 2.34. The van der Waals surface area contributed by atoms with Crippen molar-refractivity contribution in [2.24, 2.45) is 0 Å². The molecule has 124 valence electrons. The second-order valence-electron chi connectivity index (χ2n) is 6.32. The molecule has 0 bridgehead atoms. The normalized spacial score (nSPS) is 18.3. The average molecular weight is 339 g/mol. The predicted molar refractivity (Wildman–Crippen MR) is 95.8 cm³/mol. The number of aromatic amines is 1. The van der Waals surface area contributed by atoms with E-state index in [0.717, 1.165) is 42.5 Å². The van der Waals surface area contributed by atoms with Crippen LogP contribution in [0.1, 0.15) is 40.8 Å². The van der Waals surface area contributed by atoms with Crippen LogP contribution in [0.5, 0.6) is 0 Å². The lowest BCUT2D eigenvalue weighted by molar-refractivity contribution is 0.246. The van der Waals surface area contributed by atoms with E-state index in [1.54, 1.807) is 6.20 Å². The van der Waals surface area contributed by atoms with Gasteiger partial charge in [-0.2, -0.15) is 0 Å². The Morgan fingerprint density at radius 1 is 1.33 bits per heavy atom. The lowest BCUT2D eigenvalue weighted by Crippen LogP contribution is -2.23. The van der Waals surface area contributed by atoms with E-state index in [0.29, 0.717) is 6.04 Å². The van der Waals surface area contributed by atoms with Gasteiger partial charge in [-0.05, 0) is 56.3 Å². The molecule has 1 aliphatic heterocycles. The quantitative estimate of drug-likeness (QED) is 0.783. The molecule has 1 aliphatic rings. The number of H-pyrrole nitrogens is 1. The average Bonchev–Trinajstić information content (AvgIpc) is 3.30. The monoisotopic (exact) mass is 339 g/mol. The topological polar surface area (TPSA) is 57.7 Å². The van der Waals surface area contributed by atoms with Gasteiger partial charge in [0.2, 0.25) is 0 Å². The second kappa shape index (κ2) is 6.45. The van der Waals surface area contributed by atoms with Gasteiger partial charge < -0.3 is 4.98 Å². The Morgan fingerprint density at radius 2 is 2.25 bits per heavy atom. The summed E-state index contributed by atoms with van der Waals surface area (Å²) in [5.74, 6) is 1.61. The Balaban J connectivity index is 1.63. The molecule has 3 aromatic heterocycles. The first-order valence-electron chi connectivity index (χ1n) is 8.33. The molecule has 0 spiro atoms. The van der Waals surface area contributed by atoms with Crippen molar-refractivity contribution in [3.05, 3.63) is 51.9 Å². The van der Waals surface area contributed by atoms with E-state index >= 15 is 0 Å². The van der Waals surface area contributed by atoms with Crippen LogP contribution in [0.15, 0.2) is 29.9 Å². The minimum Gasteiger partial charge on any atom is -0.343 e. The van der Waals surface area contributed by atoms with Gasteiger partial charge in [0.1, 0.15) is 11.5 Å². The predicted octanol–water partition coefficient (Wildman–Crippen LogP) is 3.88. The van der Waals surface area contributed by atoms with Crippen LogP contribution in [-0.4, -0.2) is 31.4 Å². The molecule has 1 saturated heterocycles. The number of aryl methyl sites for hydroxylation is 2. The summed E-state index contributed by atoms with van der Waals surface area (Å²) in [6.07, 6.45) is 5.95. The van der Waals surface area contributed by atoms with Gasteiger partial charge in [-0.25, -0.2) is 15.0 Å². The maximum absolute atomic E-state index is 4.74. The number of aromatic nitrogens is 4. The van der Waals surface area contributed by atoms with Gasteiger partial charge in [0.05, 0.1) is 11.7 Å². The fourth-order valence-corrected chi connectivity index (χ4v) is 4.32. The van der Waals surface area contributed by atoms with Gasteiger partial charge in [-0.15, -0.1) is 11.3 Å². The summed E-state index contributed by atoms with van der Waals surface area (Å²) >= 11 is 1.85. The van der Waals surface area contributed by atoms with E-state index < -0.39 is 0 Å². The molecule has 0 aliphatic carbocycles. The van der Waals surface area contributed by atoms with Crippen molar-refractivity contribution >= 4 is 11.3 Å². The zero-order chi connectivity index (χ0) is 16.5. The Hall–Kier alpha value is -2.05. The van der Waals surface area contributed by atoms with Crippen LogP contribution >= 0.6 is 11.3 Å². The van der Waals surface area contributed by atoms with Gasteiger partial charge in [-0.1, -0.05) is 0 Å². The van der Waals surface area contributed by atoms with Crippen LogP contribution in [0.3, 0.4) is 0 Å². The van der Waals surface area contributed by atoms with E-state index in [4.69, 9.17) is 4.98 Å². The first-order chi connectivity index (χ1) is 11.7. The number of thiophene rings is 1. The largest absolute Gasteiger partial charge is 0.343 e. The molecule has 1 unspecified atom stereocenters. The summed E-state index contributed by atoms with van der Waals surface area (Å²) in [5, 5.41) is 2.18. The summed E-state index contributed by atoms with van der Waals surface area (Å²) in [6.45, 7) is 6.29. The van der Waals surface area contributed by atoms with E-state index in [1.165, 1.54) is 16.9 Å². The maximum Gasteiger partial charge on any atom is 0.156 e. The zero-order valence-corrected chi connectivity index (χ0v) is 14.8. The molecule has 0 amide bonds. The van der Waals surface area contributed by atoms with Crippen molar-refractivity contribution in [3.8, 4) is 11.5 Å². The lowest BCUT2D eigenvalue weighted by Gasteiger charge is -2.24. The standard InChI is InChI=1S/C18H21N5S/c1-12-5-9-24-17(12)11-23-8-3-4-16(23)14-10-15(22-13(2)21-14)18-19-6-7-20-18/h5-7,9-10,16H,3-4,8,11H2,1-2H3,(H,19,20). The molecule has 5 nitrogen and oxygen atoms in total. The van der Waals surface area contributed by atoms with Crippen LogP contribution in [0.25, 0.3) is 11.5 Å². The molecule has 6 heteroatoms. The summed E-state index contributed by atoms with van der Waals surface area (Å²) < 4.78 is 0. The summed E-state index contributed by atoms with van der Waals surface area (Å²) in [7, 11) is 0. The first kappa shape index (κ1) is 15.5. The number of likely N-dealkylation sites (tertiary alicyclic amines) is 1. The van der Waals surface area contributed by atoms with Gasteiger partial charge in [0.15, 0.2) is 5.82 Å². The molecule has 3 aromatic rings. The van der Waals surface area contributed by atoms with Crippen LogP contribution in [0.4, 0.5) is 0 Å². The number of hydrogen-bond acceptors (Lipinski definition) is 5. The third kappa shape index (κ3) is 2.99. The highest BCUT2D eigenvalue weighted by Gasteiger charge is 2.28. The third-order valence-electron chi connectivity index (χ3n) is 4.62. The molecule has 4 heterocycles. The SMILES string of the molecule is Cc1nc(-c2ncc[nH]2)cc(C2CCCN2Cc2sccc2C)n1. The Morgan fingerprint density at radius 3 is 3.00 bits per heavy atom. The minimum absolute atomic E-state index is 0.363. The highest BCUT2D eigenvalue weighted by atomic mass is 32.1. The smallest absolute Gasteiger partial charge is 0.156 e. The Labute approximate surface area is 145 Å². The van der Waals surface area contributed by atoms with E-state index in [2.05, 4.69) is 44.3 Å². The van der Waals surface area contributed by atoms with Crippen molar-refractivity contribution in [3.63, 3.8) is 0 Å². The van der Waals surface area contributed by atoms with Gasteiger partial charge in [0, 0.05) is 23.8 Å². The highest BCUT2D eigenvalue weighted by molar-refractivity contribution is 7.10. The van der Waals surface area contributed by atoms with Gasteiger partial charge in [0.25, 0.3) is 0 Å². The minimum atomic E-state index is 0.363. The van der Waals surface area contributed by atoms with Crippen LogP contribution in [-0.2, 0) is 6.54 Å². The van der Waals surface area contributed by atoms with E-state index in [1.807, 2.05) is 24.5 Å². The number of imidazole rings is 1. The number of nitrogens with zero attached hydrogens (tertiary/aromatic N) is 4. The van der Waals surface area contributed by atoms with E-state index in [-0.39, 0.29) is 0 Å². The molecule has 1 atom stereocenters. The van der Waals surface area contributed by atoms with Crippen molar-refractivity contribution in [1.82, 2.24) is 24.8 Å². The fraction of sp³-hybridized carbons (Fsp3) is 0.389. The second-order valence-corrected chi connectivity index (χ2v) is 7.32. The maximum atomic E-state index is 4.74. The molecular weight excluding hydrogens is 318 g/mol. The third-order valence-corrected chi connectivity index (χ3v) is 5.63. The summed E-state index contributed by atoms with van der Waals surface area (Å²) in [5.41, 5.74) is 3.38. The van der Waals surface area contributed by atoms with Gasteiger partial charge >= 0.3 is 0 Å².